The van der Waals surface area contributed by atoms with Crippen LogP contribution in [0.4, 0.5) is 0 Å². The van der Waals surface area contributed by atoms with Crippen molar-refractivity contribution in [1.82, 2.24) is 5.32 Å². The molecule has 0 saturated heterocycles. The third-order valence-corrected chi connectivity index (χ3v) is 15.6. The number of phosphoric acid groups is 1. The standard InChI is InChI=1S/C65H125N2O7P/c1-7-10-13-16-19-22-25-27-28-29-30-31-32-33-34-35-36-37-38-40-43-46-49-52-55-58-65(69)74-63(56-53-50-47-44-41-24-21-18-15-12-9-3)62(61-73-75(70,71)72-60-59-67(4,5)6)66-64(68)57-54-51-48-45-42-39-26-23-20-17-14-11-8-2/h19,22,27-28,53,56,62-63H,7-18,20-21,23-26,29-52,54-55,57-61H2,1-6H3,(H-,66,68,70,71)/p+1/b22-19-,28-27-,56-53-. The van der Waals surface area contributed by atoms with Gasteiger partial charge in [-0.15, -0.1) is 0 Å². The number of unbranched alkanes of at least 4 members (excludes halogenated alkanes) is 39. The number of quaternary nitrogens is 1. The Kier molecular flexibility index (Phi) is 54.2. The van der Waals surface area contributed by atoms with E-state index in [1.165, 1.54) is 218 Å². The first-order valence-electron chi connectivity index (χ1n) is 32.3. The average Bonchev–Trinajstić information content (AvgIpc) is 3.37. The number of carbonyl (C=O) groups is 2. The van der Waals surface area contributed by atoms with Gasteiger partial charge in [-0.2, -0.15) is 0 Å². The molecule has 1 amide bonds. The molecule has 3 atom stereocenters. The van der Waals surface area contributed by atoms with Gasteiger partial charge >= 0.3 is 13.8 Å². The summed E-state index contributed by atoms with van der Waals surface area (Å²) in [5, 5.41) is 3.06. The number of likely N-dealkylation sites (N-methyl/N-ethyl adjacent to an activating group) is 1. The third-order valence-electron chi connectivity index (χ3n) is 14.6. The fourth-order valence-electron chi connectivity index (χ4n) is 9.56. The maximum atomic E-state index is 13.5. The largest absolute Gasteiger partial charge is 0.472 e. The number of nitrogens with zero attached hydrogens (tertiary/aromatic N) is 1. The molecule has 3 unspecified atom stereocenters. The molecule has 0 saturated carbocycles. The van der Waals surface area contributed by atoms with Gasteiger partial charge in [0, 0.05) is 12.8 Å². The zero-order valence-corrected chi connectivity index (χ0v) is 51.5. The number of hydrogen-bond acceptors (Lipinski definition) is 6. The van der Waals surface area contributed by atoms with Gasteiger partial charge < -0.3 is 19.4 Å². The molecular weight excluding hydrogens is 952 g/mol. The summed E-state index contributed by atoms with van der Waals surface area (Å²) in [5.41, 5.74) is 0. The summed E-state index contributed by atoms with van der Waals surface area (Å²) in [5.74, 6) is -0.491. The van der Waals surface area contributed by atoms with Gasteiger partial charge in [-0.3, -0.25) is 18.6 Å². The molecule has 0 bridgehead atoms. The SMILES string of the molecule is CCCCC/C=C\C/C=C\CCCCCCCCCCCCCCCCCC(=O)OC(/C=C\CCCCCCCCCCC)C(COP(=O)(O)OCC[N+](C)(C)C)NC(=O)CCCCCCCCCCCCCCC. The van der Waals surface area contributed by atoms with Crippen molar-refractivity contribution in [2.45, 2.75) is 328 Å². The highest BCUT2D eigenvalue weighted by molar-refractivity contribution is 7.47. The molecule has 0 radical (unpaired) electrons. The predicted molar refractivity (Wildman–Crippen MR) is 323 cm³/mol. The second-order valence-electron chi connectivity index (χ2n) is 23.3. The Labute approximate surface area is 466 Å². The zero-order valence-electron chi connectivity index (χ0n) is 50.6. The quantitative estimate of drug-likeness (QED) is 0.0205. The summed E-state index contributed by atoms with van der Waals surface area (Å²) in [7, 11) is 1.51. The van der Waals surface area contributed by atoms with Crippen LogP contribution in [0.5, 0.6) is 0 Å². The summed E-state index contributed by atoms with van der Waals surface area (Å²) in [6, 6.07) is -0.842. The lowest BCUT2D eigenvalue weighted by Crippen LogP contribution is -2.47. The van der Waals surface area contributed by atoms with Crippen LogP contribution in [0.3, 0.4) is 0 Å². The number of nitrogens with one attached hydrogen (secondary N) is 1. The molecule has 10 heteroatoms. The van der Waals surface area contributed by atoms with Crippen molar-refractivity contribution in [3.05, 3.63) is 36.5 Å². The number of allylic oxidation sites excluding steroid dienone is 5. The van der Waals surface area contributed by atoms with E-state index >= 15 is 0 Å². The van der Waals surface area contributed by atoms with Crippen molar-refractivity contribution in [3.8, 4) is 0 Å². The molecular formula is C65H126N2O7P+. The van der Waals surface area contributed by atoms with Crippen molar-refractivity contribution in [2.75, 3.05) is 40.9 Å². The maximum Gasteiger partial charge on any atom is 0.472 e. The van der Waals surface area contributed by atoms with Crippen LogP contribution in [0.2, 0.25) is 0 Å². The van der Waals surface area contributed by atoms with Crippen molar-refractivity contribution in [2.24, 2.45) is 0 Å². The van der Waals surface area contributed by atoms with Gasteiger partial charge in [0.15, 0.2) is 0 Å². The normalized spacial score (nSPS) is 13.9. The van der Waals surface area contributed by atoms with Gasteiger partial charge in [0.25, 0.3) is 0 Å². The number of rotatable bonds is 59. The Balaban J connectivity index is 5.02. The molecule has 442 valence electrons. The molecule has 0 heterocycles. The summed E-state index contributed by atoms with van der Waals surface area (Å²) in [6.07, 6.45) is 67.2. The second-order valence-corrected chi connectivity index (χ2v) is 24.7. The van der Waals surface area contributed by atoms with Gasteiger partial charge in [0.1, 0.15) is 19.3 Å². The fourth-order valence-corrected chi connectivity index (χ4v) is 10.3. The van der Waals surface area contributed by atoms with E-state index in [0.717, 1.165) is 64.2 Å². The summed E-state index contributed by atoms with van der Waals surface area (Å²) in [4.78, 5) is 37.7. The van der Waals surface area contributed by atoms with Gasteiger partial charge in [-0.05, 0) is 63.9 Å². The first-order valence-corrected chi connectivity index (χ1v) is 33.8. The molecule has 0 rings (SSSR count). The molecule has 0 spiro atoms. The lowest BCUT2D eigenvalue weighted by molar-refractivity contribution is -0.870. The van der Waals surface area contributed by atoms with E-state index in [4.69, 9.17) is 13.8 Å². The van der Waals surface area contributed by atoms with Crippen LogP contribution in [0.15, 0.2) is 36.5 Å². The minimum atomic E-state index is -4.44. The van der Waals surface area contributed by atoms with E-state index in [-0.39, 0.29) is 25.1 Å². The Bertz CT molecular complexity index is 1380. The molecule has 2 N–H and O–H groups in total. The number of carbonyl (C=O) groups excluding carboxylic acids is 2. The van der Waals surface area contributed by atoms with E-state index in [1.807, 2.05) is 33.3 Å². The average molecular weight is 1080 g/mol. The van der Waals surface area contributed by atoms with Gasteiger partial charge in [-0.1, -0.05) is 276 Å². The van der Waals surface area contributed by atoms with E-state index in [9.17, 15) is 19.0 Å². The molecule has 0 aromatic rings. The topological polar surface area (TPSA) is 111 Å². The number of ether oxygens (including phenoxy) is 1. The van der Waals surface area contributed by atoms with Gasteiger partial charge in [-0.25, -0.2) is 4.57 Å². The van der Waals surface area contributed by atoms with Crippen LogP contribution in [0.1, 0.15) is 316 Å². The van der Waals surface area contributed by atoms with Crippen LogP contribution in [0, 0.1) is 0 Å². The van der Waals surface area contributed by atoms with Crippen molar-refractivity contribution in [3.63, 3.8) is 0 Å². The van der Waals surface area contributed by atoms with Gasteiger partial charge in [0.2, 0.25) is 5.91 Å². The van der Waals surface area contributed by atoms with E-state index in [2.05, 4.69) is 50.4 Å². The van der Waals surface area contributed by atoms with Crippen molar-refractivity contribution >= 4 is 19.7 Å². The predicted octanol–water partition coefficient (Wildman–Crippen LogP) is 19.9. The van der Waals surface area contributed by atoms with E-state index < -0.39 is 20.0 Å². The van der Waals surface area contributed by atoms with Crippen LogP contribution >= 0.6 is 7.82 Å². The zero-order chi connectivity index (χ0) is 55.0. The first kappa shape index (κ1) is 73.2. The summed E-state index contributed by atoms with van der Waals surface area (Å²) >= 11 is 0. The lowest BCUT2D eigenvalue weighted by Gasteiger charge is -2.27. The molecule has 0 aromatic carbocycles. The number of amides is 1. The summed E-state index contributed by atoms with van der Waals surface area (Å²) in [6.45, 7) is 7.02. The Morgan fingerprint density at radius 1 is 0.467 bits per heavy atom. The van der Waals surface area contributed by atoms with Crippen LogP contribution < -0.4 is 5.32 Å². The molecule has 75 heavy (non-hydrogen) atoms. The molecule has 0 aromatic heterocycles. The Hall–Kier alpha value is -1.77. The van der Waals surface area contributed by atoms with E-state index in [1.54, 1.807) is 0 Å². The third kappa shape index (κ3) is 56.8. The Morgan fingerprint density at radius 2 is 0.813 bits per heavy atom. The van der Waals surface area contributed by atoms with E-state index in [0.29, 0.717) is 23.9 Å². The highest BCUT2D eigenvalue weighted by atomic mass is 31.2. The maximum absolute atomic E-state index is 13.5. The minimum Gasteiger partial charge on any atom is -0.456 e. The fraction of sp³-hybridized carbons (Fsp3) is 0.877. The highest BCUT2D eigenvalue weighted by Gasteiger charge is 2.30. The summed E-state index contributed by atoms with van der Waals surface area (Å²) < 4.78 is 30.7. The second kappa shape index (κ2) is 55.5. The smallest absolute Gasteiger partial charge is 0.456 e. The monoisotopic (exact) mass is 1080 g/mol. The van der Waals surface area contributed by atoms with Crippen LogP contribution in [0.25, 0.3) is 0 Å². The number of phosphoric ester groups is 1. The first-order chi connectivity index (χ1) is 36.4. The van der Waals surface area contributed by atoms with Gasteiger partial charge in [0.05, 0.1) is 33.8 Å². The minimum absolute atomic E-state index is 0.0433. The van der Waals surface area contributed by atoms with Crippen LogP contribution in [-0.4, -0.2) is 74.3 Å². The highest BCUT2D eigenvalue weighted by Crippen LogP contribution is 2.43. The lowest BCUT2D eigenvalue weighted by atomic mass is 10.0. The molecule has 9 nitrogen and oxygen atoms in total. The molecule has 0 aliphatic heterocycles. The molecule has 0 fully saturated rings. The van der Waals surface area contributed by atoms with Crippen LogP contribution in [-0.2, 0) is 27.9 Å². The number of hydrogen-bond donors (Lipinski definition) is 2. The van der Waals surface area contributed by atoms with Crippen molar-refractivity contribution in [1.29, 1.82) is 0 Å². The molecule has 0 aliphatic rings. The number of esters is 1. The molecule has 0 aliphatic carbocycles. The van der Waals surface area contributed by atoms with Crippen molar-refractivity contribution < 1.29 is 37.3 Å². The Morgan fingerprint density at radius 3 is 1.23 bits per heavy atom.